The molecule has 3 rings (SSSR count). The molecule has 0 atom stereocenters. The first-order chi connectivity index (χ1) is 12.6. The third-order valence-electron chi connectivity index (χ3n) is 4.75. The summed E-state index contributed by atoms with van der Waals surface area (Å²) in [4.78, 5) is 31.6. The molecule has 1 aliphatic rings. The Kier molecular flexibility index (Phi) is 5.51. The van der Waals surface area contributed by atoms with Gasteiger partial charge in [0.15, 0.2) is 0 Å². The predicted molar refractivity (Wildman–Crippen MR) is 99.3 cm³/mol. The topological polar surface area (TPSA) is 58.4 Å². The Balaban J connectivity index is 1.60. The van der Waals surface area contributed by atoms with Gasteiger partial charge in [-0.2, -0.15) is 0 Å². The number of carbonyl (C=O) groups excluding carboxylic acids is 2. The van der Waals surface area contributed by atoms with E-state index in [4.69, 9.17) is 0 Å². The van der Waals surface area contributed by atoms with Gasteiger partial charge in [0.1, 0.15) is 0 Å². The van der Waals surface area contributed by atoms with Crippen molar-refractivity contribution in [2.75, 3.05) is 20.1 Å². The van der Waals surface area contributed by atoms with E-state index in [2.05, 4.69) is 40.4 Å². The number of hydrogen-bond acceptors (Lipinski definition) is 3. The summed E-state index contributed by atoms with van der Waals surface area (Å²) in [5, 5.41) is 0. The number of hydrogen-bond donors (Lipinski definition) is 0. The summed E-state index contributed by atoms with van der Waals surface area (Å²) in [7, 11) is 1.61. The van der Waals surface area contributed by atoms with Gasteiger partial charge in [0.25, 0.3) is 0 Å². The minimum absolute atomic E-state index is 0.0628. The van der Waals surface area contributed by atoms with Crippen LogP contribution >= 0.6 is 0 Å². The second kappa shape index (κ2) is 7.99. The van der Waals surface area contributed by atoms with Crippen LogP contribution in [0.15, 0.2) is 49.3 Å². The number of aryl methyl sites for hydroxylation is 2. The van der Waals surface area contributed by atoms with Crippen LogP contribution in [0.1, 0.15) is 17.0 Å². The van der Waals surface area contributed by atoms with Crippen molar-refractivity contribution >= 4 is 11.8 Å². The zero-order valence-corrected chi connectivity index (χ0v) is 15.1. The SMILES string of the molecule is C=CC(=O)N(C)CC(=O)N1CCc2c(ncn2CCc2ccccc2)C1. The van der Waals surface area contributed by atoms with E-state index in [-0.39, 0.29) is 18.4 Å². The van der Waals surface area contributed by atoms with Crippen molar-refractivity contribution in [3.8, 4) is 0 Å². The average Bonchev–Trinajstić information content (AvgIpc) is 3.08. The van der Waals surface area contributed by atoms with Crippen molar-refractivity contribution in [2.45, 2.75) is 25.9 Å². The Bertz CT molecular complexity index is 797. The molecule has 6 nitrogen and oxygen atoms in total. The van der Waals surface area contributed by atoms with Gasteiger partial charge in [0, 0.05) is 32.3 Å². The van der Waals surface area contributed by atoms with Crippen molar-refractivity contribution in [3.63, 3.8) is 0 Å². The van der Waals surface area contributed by atoms with Crippen LogP contribution in [0, 0.1) is 0 Å². The standard InChI is InChI=1S/C20H24N4O2/c1-3-19(25)22(2)14-20(26)23-12-10-18-17(13-23)21-15-24(18)11-9-16-7-5-4-6-8-16/h3-8,15H,1,9-14H2,2H3. The number of fused-ring (bicyclic) bond motifs is 1. The number of rotatable bonds is 6. The molecule has 0 unspecified atom stereocenters. The Morgan fingerprint density at radius 3 is 2.81 bits per heavy atom. The maximum absolute atomic E-state index is 12.4. The fraction of sp³-hybridized carbons (Fsp3) is 0.350. The summed E-state index contributed by atoms with van der Waals surface area (Å²) in [6.07, 6.45) is 4.83. The monoisotopic (exact) mass is 352 g/mol. The van der Waals surface area contributed by atoms with Crippen LogP contribution < -0.4 is 0 Å². The molecule has 0 radical (unpaired) electrons. The lowest BCUT2D eigenvalue weighted by Gasteiger charge is -2.28. The van der Waals surface area contributed by atoms with Gasteiger partial charge >= 0.3 is 0 Å². The van der Waals surface area contributed by atoms with E-state index >= 15 is 0 Å². The highest BCUT2D eigenvalue weighted by Crippen LogP contribution is 2.18. The molecule has 0 aliphatic carbocycles. The lowest BCUT2D eigenvalue weighted by Crippen LogP contribution is -2.43. The van der Waals surface area contributed by atoms with Crippen molar-refractivity contribution in [1.82, 2.24) is 19.4 Å². The minimum atomic E-state index is -0.249. The Labute approximate surface area is 153 Å². The molecule has 0 saturated carbocycles. The van der Waals surface area contributed by atoms with E-state index in [0.29, 0.717) is 13.1 Å². The molecule has 2 heterocycles. The van der Waals surface area contributed by atoms with Crippen molar-refractivity contribution in [3.05, 3.63) is 66.3 Å². The number of carbonyl (C=O) groups is 2. The van der Waals surface area contributed by atoms with E-state index in [1.54, 1.807) is 11.9 Å². The molecule has 0 spiro atoms. The molecule has 0 bridgehead atoms. The second-order valence-electron chi connectivity index (χ2n) is 6.53. The number of imidazole rings is 1. The van der Waals surface area contributed by atoms with Crippen LogP contribution in [-0.2, 0) is 35.5 Å². The number of amides is 2. The fourth-order valence-electron chi connectivity index (χ4n) is 3.21. The highest BCUT2D eigenvalue weighted by atomic mass is 16.2. The number of likely N-dealkylation sites (N-methyl/N-ethyl adjacent to an activating group) is 1. The van der Waals surface area contributed by atoms with Crippen molar-refractivity contribution < 1.29 is 9.59 Å². The summed E-state index contributed by atoms with van der Waals surface area (Å²) in [5.41, 5.74) is 3.47. The van der Waals surface area contributed by atoms with Gasteiger partial charge in [-0.05, 0) is 18.1 Å². The minimum Gasteiger partial charge on any atom is -0.335 e. The average molecular weight is 352 g/mol. The quantitative estimate of drug-likeness (QED) is 0.743. The first-order valence-corrected chi connectivity index (χ1v) is 8.80. The first-order valence-electron chi connectivity index (χ1n) is 8.80. The van der Waals surface area contributed by atoms with Gasteiger partial charge in [-0.1, -0.05) is 36.9 Å². The molecular weight excluding hydrogens is 328 g/mol. The van der Waals surface area contributed by atoms with Gasteiger partial charge in [-0.15, -0.1) is 0 Å². The van der Waals surface area contributed by atoms with Crippen LogP contribution in [0.4, 0.5) is 0 Å². The highest BCUT2D eigenvalue weighted by molar-refractivity contribution is 5.90. The molecule has 0 fully saturated rings. The van der Waals surface area contributed by atoms with Crippen molar-refractivity contribution in [1.29, 1.82) is 0 Å². The summed E-state index contributed by atoms with van der Waals surface area (Å²) in [6, 6.07) is 10.4. The van der Waals surface area contributed by atoms with Gasteiger partial charge < -0.3 is 14.4 Å². The Morgan fingerprint density at radius 1 is 1.31 bits per heavy atom. The molecule has 6 heteroatoms. The Morgan fingerprint density at radius 2 is 2.08 bits per heavy atom. The van der Waals surface area contributed by atoms with Crippen LogP contribution in [0.5, 0.6) is 0 Å². The zero-order chi connectivity index (χ0) is 18.5. The third kappa shape index (κ3) is 4.02. The molecule has 1 aliphatic heterocycles. The number of aromatic nitrogens is 2. The predicted octanol–water partition coefficient (Wildman–Crippen LogP) is 1.65. The largest absolute Gasteiger partial charge is 0.335 e. The summed E-state index contributed by atoms with van der Waals surface area (Å²) in [6.45, 7) is 5.55. The van der Waals surface area contributed by atoms with E-state index < -0.39 is 0 Å². The summed E-state index contributed by atoms with van der Waals surface area (Å²) >= 11 is 0. The smallest absolute Gasteiger partial charge is 0.246 e. The molecule has 0 N–H and O–H groups in total. The molecule has 1 aromatic heterocycles. The van der Waals surface area contributed by atoms with E-state index in [9.17, 15) is 9.59 Å². The first kappa shape index (κ1) is 17.9. The van der Waals surface area contributed by atoms with E-state index in [0.717, 1.165) is 25.1 Å². The highest BCUT2D eigenvalue weighted by Gasteiger charge is 2.25. The normalized spacial score (nSPS) is 13.2. The van der Waals surface area contributed by atoms with Gasteiger partial charge in [-0.25, -0.2) is 4.98 Å². The molecule has 2 amide bonds. The molecule has 1 aromatic carbocycles. The second-order valence-corrected chi connectivity index (χ2v) is 6.53. The fourth-order valence-corrected chi connectivity index (χ4v) is 3.21. The van der Waals surface area contributed by atoms with Gasteiger partial charge in [0.2, 0.25) is 11.8 Å². The molecule has 2 aromatic rings. The molecular formula is C20H24N4O2. The maximum Gasteiger partial charge on any atom is 0.246 e. The lowest BCUT2D eigenvalue weighted by molar-refractivity contribution is -0.137. The third-order valence-corrected chi connectivity index (χ3v) is 4.75. The lowest BCUT2D eigenvalue weighted by atomic mass is 10.1. The van der Waals surface area contributed by atoms with Gasteiger partial charge in [-0.3, -0.25) is 9.59 Å². The van der Waals surface area contributed by atoms with E-state index in [1.165, 1.54) is 22.2 Å². The van der Waals surface area contributed by atoms with Gasteiger partial charge in [0.05, 0.1) is 25.1 Å². The Hall–Kier alpha value is -2.89. The maximum atomic E-state index is 12.4. The van der Waals surface area contributed by atoms with Crippen LogP contribution in [0.25, 0.3) is 0 Å². The van der Waals surface area contributed by atoms with Crippen LogP contribution in [0.3, 0.4) is 0 Å². The number of nitrogens with zero attached hydrogens (tertiary/aromatic N) is 4. The van der Waals surface area contributed by atoms with E-state index in [1.807, 2.05) is 12.4 Å². The van der Waals surface area contributed by atoms with Crippen LogP contribution in [0.2, 0.25) is 0 Å². The zero-order valence-electron chi connectivity index (χ0n) is 15.1. The molecule has 0 saturated heterocycles. The summed E-state index contributed by atoms with van der Waals surface area (Å²) in [5.74, 6) is -0.312. The molecule has 136 valence electrons. The molecule has 26 heavy (non-hydrogen) atoms. The summed E-state index contributed by atoms with van der Waals surface area (Å²) < 4.78 is 2.19. The number of benzene rings is 1. The van der Waals surface area contributed by atoms with Crippen molar-refractivity contribution in [2.24, 2.45) is 0 Å². The van der Waals surface area contributed by atoms with Crippen LogP contribution in [-0.4, -0.2) is 51.3 Å².